The standard InChI is InChI=1S/C29H19NO/c1-18-2-4-19(5-3-18)25-14-21-6-8-23-16-26(20-10-12-27(30-31)13-11-20)17-24-9-7-22(15-25)28(21)29(23)24/h2-17H,1H3. The van der Waals surface area contributed by atoms with Crippen LogP contribution in [0, 0.1) is 11.8 Å². The van der Waals surface area contributed by atoms with Crippen molar-refractivity contribution in [2.24, 2.45) is 5.18 Å². The van der Waals surface area contributed by atoms with Gasteiger partial charge < -0.3 is 0 Å². The second kappa shape index (κ2) is 6.75. The van der Waals surface area contributed by atoms with Crippen LogP contribution in [0.1, 0.15) is 5.56 Å². The van der Waals surface area contributed by atoms with Crippen LogP contribution in [-0.4, -0.2) is 0 Å². The summed E-state index contributed by atoms with van der Waals surface area (Å²) in [7, 11) is 0. The highest BCUT2D eigenvalue weighted by molar-refractivity contribution is 6.24. The number of hydrogen-bond donors (Lipinski definition) is 0. The third-order valence-corrected chi connectivity index (χ3v) is 6.22. The van der Waals surface area contributed by atoms with Crippen molar-refractivity contribution >= 4 is 38.0 Å². The van der Waals surface area contributed by atoms with Crippen molar-refractivity contribution in [2.75, 3.05) is 0 Å². The Kier molecular flexibility index (Phi) is 3.87. The first-order valence-electron chi connectivity index (χ1n) is 10.4. The summed E-state index contributed by atoms with van der Waals surface area (Å²) in [5.74, 6) is 0. The van der Waals surface area contributed by atoms with Crippen LogP contribution < -0.4 is 0 Å². The fraction of sp³-hybridized carbons (Fsp3) is 0.0345. The van der Waals surface area contributed by atoms with Gasteiger partial charge in [0.15, 0.2) is 0 Å². The molecule has 0 amide bonds. The van der Waals surface area contributed by atoms with Crippen LogP contribution in [0.2, 0.25) is 0 Å². The second-order valence-electron chi connectivity index (χ2n) is 8.23. The number of aryl methyl sites for hydroxylation is 1. The van der Waals surface area contributed by atoms with Gasteiger partial charge in [-0.1, -0.05) is 66.2 Å². The maximum absolute atomic E-state index is 10.7. The first-order chi connectivity index (χ1) is 15.2. The van der Waals surface area contributed by atoms with Crippen molar-refractivity contribution < 1.29 is 0 Å². The van der Waals surface area contributed by atoms with E-state index in [1.807, 2.05) is 12.1 Å². The topological polar surface area (TPSA) is 29.4 Å². The smallest absolute Gasteiger partial charge is 0.108 e. The summed E-state index contributed by atoms with van der Waals surface area (Å²) in [4.78, 5) is 10.7. The molecule has 0 spiro atoms. The van der Waals surface area contributed by atoms with E-state index >= 15 is 0 Å². The molecule has 0 heterocycles. The lowest BCUT2D eigenvalue weighted by Crippen LogP contribution is -1.87. The summed E-state index contributed by atoms with van der Waals surface area (Å²) < 4.78 is 0. The summed E-state index contributed by atoms with van der Waals surface area (Å²) in [5, 5.41) is 10.6. The Balaban J connectivity index is 1.57. The maximum atomic E-state index is 10.7. The lowest BCUT2D eigenvalue weighted by atomic mass is 9.89. The molecule has 0 aliphatic carbocycles. The highest BCUT2D eigenvalue weighted by atomic mass is 16.3. The van der Waals surface area contributed by atoms with E-state index in [4.69, 9.17) is 0 Å². The quantitative estimate of drug-likeness (QED) is 0.217. The molecule has 0 saturated heterocycles. The summed E-state index contributed by atoms with van der Waals surface area (Å²) in [5.41, 5.74) is 6.44. The van der Waals surface area contributed by atoms with Crippen molar-refractivity contribution in [2.45, 2.75) is 6.92 Å². The van der Waals surface area contributed by atoms with E-state index in [2.05, 4.69) is 84.9 Å². The Labute approximate surface area is 180 Å². The van der Waals surface area contributed by atoms with E-state index in [-0.39, 0.29) is 0 Å². The van der Waals surface area contributed by atoms with Crippen molar-refractivity contribution in [3.63, 3.8) is 0 Å². The average Bonchev–Trinajstić information content (AvgIpc) is 2.82. The van der Waals surface area contributed by atoms with E-state index in [0.717, 1.165) is 11.1 Å². The van der Waals surface area contributed by atoms with Crippen molar-refractivity contribution in [1.82, 2.24) is 0 Å². The highest BCUT2D eigenvalue weighted by Crippen LogP contribution is 2.39. The van der Waals surface area contributed by atoms with Crippen molar-refractivity contribution in [1.29, 1.82) is 0 Å². The van der Waals surface area contributed by atoms with Crippen molar-refractivity contribution in [3.8, 4) is 22.3 Å². The molecule has 6 aromatic rings. The van der Waals surface area contributed by atoms with Gasteiger partial charge in [-0.3, -0.25) is 0 Å². The van der Waals surface area contributed by atoms with Gasteiger partial charge in [0.25, 0.3) is 0 Å². The zero-order chi connectivity index (χ0) is 20.9. The van der Waals surface area contributed by atoms with Gasteiger partial charge in [0, 0.05) is 0 Å². The Hall–Kier alpha value is -4.04. The number of hydrogen-bond acceptors (Lipinski definition) is 2. The van der Waals surface area contributed by atoms with Crippen molar-refractivity contribution in [3.05, 3.63) is 108 Å². The van der Waals surface area contributed by atoms with E-state index in [0.29, 0.717) is 5.69 Å². The molecular weight excluding hydrogens is 378 g/mol. The second-order valence-corrected chi connectivity index (χ2v) is 8.23. The Morgan fingerprint density at radius 3 is 1.26 bits per heavy atom. The summed E-state index contributed by atoms with van der Waals surface area (Å²) in [6.07, 6.45) is 0. The predicted molar refractivity (Wildman–Crippen MR) is 131 cm³/mol. The SMILES string of the molecule is Cc1ccc(-c2cc3ccc4cc(-c5ccc(N=O)cc5)cc5ccc(c2)c3c45)cc1. The van der Waals surface area contributed by atoms with Gasteiger partial charge in [-0.25, -0.2) is 0 Å². The van der Waals surface area contributed by atoms with Crippen LogP contribution in [0.4, 0.5) is 5.69 Å². The van der Waals surface area contributed by atoms with Crippen LogP contribution >= 0.6 is 0 Å². The van der Waals surface area contributed by atoms with Gasteiger partial charge in [-0.05, 0) is 103 Å². The van der Waals surface area contributed by atoms with Gasteiger partial charge >= 0.3 is 0 Å². The molecule has 0 fully saturated rings. The molecule has 0 N–H and O–H groups in total. The molecular formula is C29H19NO. The van der Waals surface area contributed by atoms with Gasteiger partial charge in [0.2, 0.25) is 0 Å². The van der Waals surface area contributed by atoms with Gasteiger partial charge in [0.05, 0.1) is 0 Å². The normalized spacial score (nSPS) is 11.5. The van der Waals surface area contributed by atoms with Gasteiger partial charge in [-0.2, -0.15) is 0 Å². The number of benzene rings is 6. The Bertz CT molecular complexity index is 1510. The van der Waals surface area contributed by atoms with Gasteiger partial charge in [-0.15, -0.1) is 4.91 Å². The van der Waals surface area contributed by atoms with E-state index < -0.39 is 0 Å². The molecule has 2 nitrogen and oxygen atoms in total. The summed E-state index contributed by atoms with van der Waals surface area (Å²) >= 11 is 0. The molecule has 6 rings (SSSR count). The minimum absolute atomic E-state index is 0.450. The third kappa shape index (κ3) is 2.88. The Morgan fingerprint density at radius 1 is 0.484 bits per heavy atom. The van der Waals surface area contributed by atoms with Crippen LogP contribution in [0.25, 0.3) is 54.6 Å². The lowest BCUT2D eigenvalue weighted by Gasteiger charge is -2.14. The minimum atomic E-state index is 0.450. The number of nitrogens with zero attached hydrogens (tertiary/aromatic N) is 1. The monoisotopic (exact) mass is 397 g/mol. The molecule has 0 bridgehead atoms. The van der Waals surface area contributed by atoms with Gasteiger partial charge in [0.1, 0.15) is 5.69 Å². The molecule has 0 atom stereocenters. The summed E-state index contributed by atoms with van der Waals surface area (Å²) in [6.45, 7) is 2.12. The molecule has 146 valence electrons. The largest absolute Gasteiger partial charge is 0.145 e. The van der Waals surface area contributed by atoms with Crippen LogP contribution in [0.3, 0.4) is 0 Å². The maximum Gasteiger partial charge on any atom is 0.108 e. The lowest BCUT2D eigenvalue weighted by molar-refractivity contribution is 1.47. The Morgan fingerprint density at radius 2 is 0.871 bits per heavy atom. The zero-order valence-corrected chi connectivity index (χ0v) is 17.1. The highest BCUT2D eigenvalue weighted by Gasteiger charge is 2.12. The third-order valence-electron chi connectivity index (χ3n) is 6.22. The van der Waals surface area contributed by atoms with Crippen LogP contribution in [0.5, 0.6) is 0 Å². The molecule has 0 radical (unpaired) electrons. The van der Waals surface area contributed by atoms with E-state index in [1.54, 1.807) is 12.1 Å². The zero-order valence-electron chi connectivity index (χ0n) is 17.1. The van der Waals surface area contributed by atoms with E-state index in [9.17, 15) is 4.91 Å². The molecule has 0 aliphatic heterocycles. The fourth-order valence-corrected chi connectivity index (χ4v) is 4.63. The predicted octanol–water partition coefficient (Wildman–Crippen LogP) is 8.62. The fourth-order valence-electron chi connectivity index (χ4n) is 4.63. The number of nitroso groups, excluding NO2 is 1. The van der Waals surface area contributed by atoms with Crippen LogP contribution in [0.15, 0.2) is 102 Å². The number of rotatable bonds is 3. The molecule has 0 saturated carbocycles. The van der Waals surface area contributed by atoms with Crippen LogP contribution in [-0.2, 0) is 0 Å². The minimum Gasteiger partial charge on any atom is -0.145 e. The molecule has 0 aliphatic rings. The van der Waals surface area contributed by atoms with E-state index in [1.165, 1.54) is 49.0 Å². The average molecular weight is 397 g/mol. The molecule has 0 aromatic heterocycles. The molecule has 6 aromatic carbocycles. The molecule has 2 heteroatoms. The first kappa shape index (κ1) is 17.8. The first-order valence-corrected chi connectivity index (χ1v) is 10.4. The molecule has 0 unspecified atom stereocenters. The summed E-state index contributed by atoms with van der Waals surface area (Å²) in [6, 6.07) is 34.1. The molecule has 31 heavy (non-hydrogen) atoms.